The van der Waals surface area contributed by atoms with Crippen molar-refractivity contribution < 1.29 is 19.2 Å². The molecule has 0 saturated heterocycles. The van der Waals surface area contributed by atoms with Gasteiger partial charge in [0.1, 0.15) is 11.3 Å². The second-order valence-electron chi connectivity index (χ2n) is 3.24. The number of ether oxygens (including phenoxy) is 1. The molecular formula is C11H11NO5. The minimum absolute atomic E-state index is 0.0239. The van der Waals surface area contributed by atoms with Gasteiger partial charge in [-0.15, -0.1) is 0 Å². The average molecular weight is 237 g/mol. The molecule has 90 valence electrons. The van der Waals surface area contributed by atoms with Crippen LogP contribution in [0.5, 0.6) is 5.75 Å². The molecule has 0 amide bonds. The highest BCUT2D eigenvalue weighted by atomic mass is 16.6. The van der Waals surface area contributed by atoms with Crippen molar-refractivity contribution in [3.05, 3.63) is 33.4 Å². The summed E-state index contributed by atoms with van der Waals surface area (Å²) in [5.74, 6) is -0.337. The summed E-state index contributed by atoms with van der Waals surface area (Å²) in [5.41, 5.74) is -0.405. The van der Waals surface area contributed by atoms with Crippen molar-refractivity contribution in [1.29, 1.82) is 0 Å². The summed E-state index contributed by atoms with van der Waals surface area (Å²) in [6.07, 6.45) is 0.329. The summed E-state index contributed by atoms with van der Waals surface area (Å²) in [5, 5.41) is 10.7. The van der Waals surface area contributed by atoms with E-state index in [0.29, 0.717) is 6.29 Å². The largest absolute Gasteiger partial charge is 0.492 e. The molecule has 1 aromatic rings. The summed E-state index contributed by atoms with van der Waals surface area (Å²) < 4.78 is 5.15. The minimum Gasteiger partial charge on any atom is -0.492 e. The highest BCUT2D eigenvalue weighted by molar-refractivity contribution is 6.01. The second-order valence-corrected chi connectivity index (χ2v) is 3.24. The number of carbonyl (C=O) groups excluding carboxylic acids is 2. The molecule has 6 heteroatoms. The highest BCUT2D eigenvalue weighted by Crippen LogP contribution is 2.31. The maximum absolute atomic E-state index is 11.3. The Hall–Kier alpha value is -2.24. The third-order valence-corrected chi connectivity index (χ3v) is 2.16. The number of nitrogens with zero attached hydrogens (tertiary/aromatic N) is 1. The fourth-order valence-corrected chi connectivity index (χ4v) is 1.44. The number of rotatable bonds is 5. The van der Waals surface area contributed by atoms with E-state index >= 15 is 0 Å². The molecule has 0 aliphatic carbocycles. The number of hydrogen-bond acceptors (Lipinski definition) is 5. The predicted octanol–water partition coefficient (Wildman–Crippen LogP) is 2.01. The van der Waals surface area contributed by atoms with Gasteiger partial charge in [0.05, 0.1) is 17.1 Å². The van der Waals surface area contributed by atoms with Gasteiger partial charge in [-0.1, -0.05) is 0 Å². The van der Waals surface area contributed by atoms with Gasteiger partial charge in [-0.25, -0.2) is 0 Å². The maximum atomic E-state index is 11.3. The van der Waals surface area contributed by atoms with E-state index in [-0.39, 0.29) is 35.0 Å². The summed E-state index contributed by atoms with van der Waals surface area (Å²) in [6, 6.07) is 2.42. The van der Waals surface area contributed by atoms with E-state index in [1.807, 2.05) is 0 Å². The van der Waals surface area contributed by atoms with E-state index in [1.54, 1.807) is 6.92 Å². The van der Waals surface area contributed by atoms with Crippen LogP contribution in [-0.2, 0) is 0 Å². The number of carbonyl (C=O) groups is 2. The molecule has 0 fully saturated rings. The van der Waals surface area contributed by atoms with Crippen LogP contribution in [0.4, 0.5) is 5.69 Å². The molecule has 0 saturated carbocycles. The van der Waals surface area contributed by atoms with Crippen LogP contribution in [0.25, 0.3) is 0 Å². The fourth-order valence-electron chi connectivity index (χ4n) is 1.44. The third-order valence-electron chi connectivity index (χ3n) is 2.16. The summed E-state index contributed by atoms with van der Waals surface area (Å²) in [7, 11) is 0. The van der Waals surface area contributed by atoms with Crippen LogP contribution in [0, 0.1) is 10.1 Å². The Morgan fingerprint density at radius 3 is 2.59 bits per heavy atom. The minimum atomic E-state index is -0.684. The Kier molecular flexibility index (Phi) is 3.92. The molecule has 0 heterocycles. The monoisotopic (exact) mass is 237 g/mol. The van der Waals surface area contributed by atoms with Gasteiger partial charge in [0.2, 0.25) is 0 Å². The molecule has 0 aliphatic rings. The van der Waals surface area contributed by atoms with Crippen LogP contribution in [0.1, 0.15) is 34.6 Å². The molecule has 1 rings (SSSR count). The number of aldehydes is 1. The van der Waals surface area contributed by atoms with E-state index in [0.717, 1.165) is 6.07 Å². The van der Waals surface area contributed by atoms with Crippen LogP contribution >= 0.6 is 0 Å². The lowest BCUT2D eigenvalue weighted by Crippen LogP contribution is -2.06. The molecular weight excluding hydrogens is 226 g/mol. The lowest BCUT2D eigenvalue weighted by atomic mass is 10.0. The second kappa shape index (κ2) is 5.20. The molecule has 0 bridgehead atoms. The molecule has 1 aromatic carbocycles. The van der Waals surface area contributed by atoms with Crippen molar-refractivity contribution in [2.75, 3.05) is 6.61 Å². The summed E-state index contributed by atoms with van der Waals surface area (Å²) in [4.78, 5) is 32.3. The standard InChI is InChI=1S/C11H11NO5/c1-3-17-11-8(7(2)14)4-5-10(12(15)16)9(11)6-13/h4-6H,3H2,1-2H3. The Morgan fingerprint density at radius 1 is 1.53 bits per heavy atom. The van der Waals surface area contributed by atoms with Crippen LogP contribution in [0.3, 0.4) is 0 Å². The highest BCUT2D eigenvalue weighted by Gasteiger charge is 2.23. The maximum Gasteiger partial charge on any atom is 0.283 e. The first kappa shape index (κ1) is 12.8. The Morgan fingerprint density at radius 2 is 2.18 bits per heavy atom. The molecule has 0 atom stereocenters. The van der Waals surface area contributed by atoms with Gasteiger partial charge >= 0.3 is 0 Å². The number of ketones is 1. The zero-order chi connectivity index (χ0) is 13.0. The molecule has 0 unspecified atom stereocenters. The van der Waals surface area contributed by atoms with Gasteiger partial charge in [-0.3, -0.25) is 19.7 Å². The quantitative estimate of drug-likeness (QED) is 0.338. The number of benzene rings is 1. The van der Waals surface area contributed by atoms with E-state index in [4.69, 9.17) is 4.74 Å². The first-order chi connectivity index (χ1) is 8.02. The van der Waals surface area contributed by atoms with Gasteiger partial charge in [0.25, 0.3) is 5.69 Å². The lowest BCUT2D eigenvalue weighted by molar-refractivity contribution is -0.385. The van der Waals surface area contributed by atoms with Crippen LogP contribution < -0.4 is 4.74 Å². The molecule has 0 radical (unpaired) electrons. The normalized spacial score (nSPS) is 9.76. The van der Waals surface area contributed by atoms with Gasteiger partial charge in [-0.2, -0.15) is 0 Å². The van der Waals surface area contributed by atoms with Gasteiger partial charge in [0.15, 0.2) is 12.1 Å². The average Bonchev–Trinajstić information content (AvgIpc) is 2.28. The third kappa shape index (κ3) is 2.47. The number of hydrogen-bond donors (Lipinski definition) is 0. The molecule has 0 N–H and O–H groups in total. The summed E-state index contributed by atoms with van der Waals surface area (Å²) >= 11 is 0. The lowest BCUT2D eigenvalue weighted by Gasteiger charge is -2.10. The predicted molar refractivity (Wildman–Crippen MR) is 59.7 cm³/mol. The van der Waals surface area contributed by atoms with Crippen molar-refractivity contribution in [3.8, 4) is 5.75 Å². The van der Waals surface area contributed by atoms with Gasteiger partial charge in [0, 0.05) is 6.07 Å². The first-order valence-electron chi connectivity index (χ1n) is 4.93. The molecule has 0 aromatic heterocycles. The molecule has 17 heavy (non-hydrogen) atoms. The summed E-state index contributed by atoms with van der Waals surface area (Å²) in [6.45, 7) is 3.18. The Bertz CT molecular complexity index is 481. The molecule has 0 spiro atoms. The van der Waals surface area contributed by atoms with Crippen LogP contribution in [-0.4, -0.2) is 23.6 Å². The molecule has 0 aliphatic heterocycles. The van der Waals surface area contributed by atoms with Crippen molar-refractivity contribution in [2.45, 2.75) is 13.8 Å². The smallest absolute Gasteiger partial charge is 0.283 e. The zero-order valence-corrected chi connectivity index (χ0v) is 9.43. The topological polar surface area (TPSA) is 86.5 Å². The van der Waals surface area contributed by atoms with Crippen LogP contribution in [0.2, 0.25) is 0 Å². The molecule has 6 nitrogen and oxygen atoms in total. The number of Topliss-reactive ketones (excluding diaryl/α,β-unsaturated/α-hetero) is 1. The van der Waals surface area contributed by atoms with Gasteiger partial charge in [-0.05, 0) is 19.9 Å². The fraction of sp³-hybridized carbons (Fsp3) is 0.273. The van der Waals surface area contributed by atoms with Crippen LogP contribution in [0.15, 0.2) is 12.1 Å². The van der Waals surface area contributed by atoms with Crippen molar-refractivity contribution in [3.63, 3.8) is 0 Å². The van der Waals surface area contributed by atoms with Crippen molar-refractivity contribution in [2.24, 2.45) is 0 Å². The Balaban J connectivity index is 3.54. The van der Waals surface area contributed by atoms with Crippen molar-refractivity contribution >= 4 is 17.8 Å². The number of nitro benzene ring substituents is 1. The number of nitro groups is 1. The van der Waals surface area contributed by atoms with E-state index in [9.17, 15) is 19.7 Å². The van der Waals surface area contributed by atoms with E-state index in [1.165, 1.54) is 13.0 Å². The first-order valence-corrected chi connectivity index (χ1v) is 4.93. The van der Waals surface area contributed by atoms with Gasteiger partial charge < -0.3 is 4.74 Å². The van der Waals surface area contributed by atoms with E-state index < -0.39 is 4.92 Å². The van der Waals surface area contributed by atoms with Crippen molar-refractivity contribution in [1.82, 2.24) is 0 Å². The zero-order valence-electron chi connectivity index (χ0n) is 9.43. The Labute approximate surface area is 97.3 Å². The van der Waals surface area contributed by atoms with E-state index in [2.05, 4.69) is 0 Å². The SMILES string of the molecule is CCOc1c(C(C)=O)ccc([N+](=O)[O-])c1C=O.